The monoisotopic (exact) mass is 278 g/mol. The maximum absolute atomic E-state index is 11.4. The molecular weight excluding hydrogens is 252 g/mol. The van der Waals surface area contributed by atoms with Gasteiger partial charge in [-0.3, -0.25) is 4.79 Å². The summed E-state index contributed by atoms with van der Waals surface area (Å²) < 4.78 is 4.97. The molecule has 0 saturated carbocycles. The number of nitrogens with two attached hydrogens (primary N) is 1. The van der Waals surface area contributed by atoms with Gasteiger partial charge in [-0.1, -0.05) is 19.1 Å². The van der Waals surface area contributed by atoms with Crippen molar-refractivity contribution >= 4 is 11.7 Å². The van der Waals surface area contributed by atoms with Crippen molar-refractivity contribution in [1.29, 1.82) is 0 Å². The molecule has 0 aromatic heterocycles. The number of rotatable bonds is 8. The molecule has 1 unspecified atom stereocenters. The minimum Gasteiger partial charge on any atom is -0.466 e. The van der Waals surface area contributed by atoms with Crippen molar-refractivity contribution in [2.24, 2.45) is 0 Å². The van der Waals surface area contributed by atoms with E-state index in [1.165, 1.54) is 5.56 Å². The summed E-state index contributed by atoms with van der Waals surface area (Å²) in [5, 5.41) is 0. The number of anilines is 1. The molecule has 2 N–H and O–H groups in total. The summed E-state index contributed by atoms with van der Waals surface area (Å²) in [5.74, 6) is -0.123. The number of nitrogens with zero attached hydrogens (tertiary/aromatic N) is 1. The van der Waals surface area contributed by atoms with Gasteiger partial charge in [0, 0.05) is 18.3 Å². The van der Waals surface area contributed by atoms with Crippen LogP contribution in [0.15, 0.2) is 24.3 Å². The van der Waals surface area contributed by atoms with Crippen molar-refractivity contribution in [3.8, 4) is 0 Å². The summed E-state index contributed by atoms with van der Waals surface area (Å²) >= 11 is 0. The number of nitrogen functional groups attached to an aromatic ring is 1. The molecule has 0 aliphatic heterocycles. The number of carbonyl (C=O) groups is 1. The normalized spacial score (nSPS) is 12.4. The van der Waals surface area contributed by atoms with Crippen LogP contribution in [-0.4, -0.2) is 36.6 Å². The highest BCUT2D eigenvalue weighted by atomic mass is 16.5. The highest BCUT2D eigenvalue weighted by molar-refractivity contribution is 5.69. The predicted octanol–water partition coefficient (Wildman–Crippen LogP) is 2.47. The average molecular weight is 278 g/mol. The van der Waals surface area contributed by atoms with Crippen molar-refractivity contribution in [3.63, 3.8) is 0 Å². The van der Waals surface area contributed by atoms with Crippen LogP contribution in [0.5, 0.6) is 0 Å². The second-order valence-electron chi connectivity index (χ2n) is 4.98. The van der Waals surface area contributed by atoms with Crippen LogP contribution in [0.4, 0.5) is 5.69 Å². The fraction of sp³-hybridized carbons (Fsp3) is 0.562. The second-order valence-corrected chi connectivity index (χ2v) is 4.98. The van der Waals surface area contributed by atoms with Crippen LogP contribution < -0.4 is 5.73 Å². The second kappa shape index (κ2) is 8.59. The minimum atomic E-state index is -0.123. The van der Waals surface area contributed by atoms with Gasteiger partial charge in [-0.15, -0.1) is 0 Å². The lowest BCUT2D eigenvalue weighted by Gasteiger charge is -2.27. The predicted molar refractivity (Wildman–Crippen MR) is 82.5 cm³/mol. The molecule has 1 aromatic carbocycles. The minimum absolute atomic E-state index is 0.123. The van der Waals surface area contributed by atoms with Crippen molar-refractivity contribution < 1.29 is 9.53 Å². The molecule has 1 rings (SSSR count). The van der Waals surface area contributed by atoms with Gasteiger partial charge in [-0.2, -0.15) is 0 Å². The Morgan fingerprint density at radius 1 is 1.40 bits per heavy atom. The first-order valence-corrected chi connectivity index (χ1v) is 7.30. The van der Waals surface area contributed by atoms with E-state index in [1.807, 2.05) is 25.1 Å². The number of esters is 1. The van der Waals surface area contributed by atoms with Crippen LogP contribution in [0, 0.1) is 0 Å². The third-order valence-corrected chi connectivity index (χ3v) is 3.42. The molecule has 1 aromatic rings. The van der Waals surface area contributed by atoms with Gasteiger partial charge in [0.2, 0.25) is 0 Å². The molecule has 1 atom stereocenters. The average Bonchev–Trinajstić information content (AvgIpc) is 2.39. The van der Waals surface area contributed by atoms with Crippen molar-refractivity contribution in [2.75, 3.05) is 25.4 Å². The molecule has 0 aliphatic rings. The van der Waals surface area contributed by atoms with Gasteiger partial charge in [0.1, 0.15) is 0 Å². The third kappa shape index (κ3) is 5.61. The first kappa shape index (κ1) is 16.5. The maximum atomic E-state index is 11.4. The molecule has 0 radical (unpaired) electrons. The highest BCUT2D eigenvalue weighted by Gasteiger charge is 2.14. The van der Waals surface area contributed by atoms with Crippen LogP contribution in [0.25, 0.3) is 0 Å². The molecule has 0 heterocycles. The maximum Gasteiger partial charge on any atom is 0.307 e. The largest absolute Gasteiger partial charge is 0.466 e. The molecule has 4 heteroatoms. The van der Waals surface area contributed by atoms with E-state index in [1.54, 1.807) is 0 Å². The van der Waals surface area contributed by atoms with Gasteiger partial charge < -0.3 is 15.4 Å². The Morgan fingerprint density at radius 2 is 2.15 bits per heavy atom. The first-order valence-electron chi connectivity index (χ1n) is 7.30. The van der Waals surface area contributed by atoms with Gasteiger partial charge in [-0.25, -0.2) is 0 Å². The SMILES string of the molecule is CCOC(=O)CCN(CC)C(C)Cc1cccc(N)c1. The Hall–Kier alpha value is -1.55. The Labute approximate surface area is 121 Å². The van der Waals surface area contributed by atoms with Crippen LogP contribution in [-0.2, 0) is 16.0 Å². The van der Waals surface area contributed by atoms with Gasteiger partial charge in [0.15, 0.2) is 0 Å². The van der Waals surface area contributed by atoms with E-state index < -0.39 is 0 Å². The van der Waals surface area contributed by atoms with E-state index >= 15 is 0 Å². The van der Waals surface area contributed by atoms with Gasteiger partial charge in [0.25, 0.3) is 0 Å². The molecule has 0 aliphatic carbocycles. The number of likely N-dealkylation sites (N-methyl/N-ethyl adjacent to an activating group) is 1. The molecular formula is C16H26N2O2. The number of ether oxygens (including phenoxy) is 1. The van der Waals surface area contributed by atoms with E-state index in [4.69, 9.17) is 10.5 Å². The Kier molecular flexibility index (Phi) is 7.09. The van der Waals surface area contributed by atoms with E-state index in [0.29, 0.717) is 19.1 Å². The summed E-state index contributed by atoms with van der Waals surface area (Å²) in [6, 6.07) is 8.34. The zero-order chi connectivity index (χ0) is 15.0. The lowest BCUT2D eigenvalue weighted by Crippen LogP contribution is -2.36. The van der Waals surface area contributed by atoms with E-state index in [0.717, 1.165) is 25.2 Å². The molecule has 112 valence electrons. The van der Waals surface area contributed by atoms with Crippen LogP contribution >= 0.6 is 0 Å². The quantitative estimate of drug-likeness (QED) is 0.586. The summed E-state index contributed by atoms with van der Waals surface area (Å²) in [7, 11) is 0. The summed E-state index contributed by atoms with van der Waals surface area (Å²) in [6.07, 6.45) is 1.38. The smallest absolute Gasteiger partial charge is 0.307 e. The fourth-order valence-electron chi connectivity index (χ4n) is 2.35. The number of hydrogen-bond acceptors (Lipinski definition) is 4. The zero-order valence-electron chi connectivity index (χ0n) is 12.8. The number of benzene rings is 1. The fourth-order valence-corrected chi connectivity index (χ4v) is 2.35. The van der Waals surface area contributed by atoms with Gasteiger partial charge in [-0.05, 0) is 44.5 Å². The van der Waals surface area contributed by atoms with E-state index in [-0.39, 0.29) is 5.97 Å². The van der Waals surface area contributed by atoms with Gasteiger partial charge >= 0.3 is 5.97 Å². The van der Waals surface area contributed by atoms with Gasteiger partial charge in [0.05, 0.1) is 13.0 Å². The topological polar surface area (TPSA) is 55.6 Å². The standard InChI is InChI=1S/C16H26N2O2/c1-4-18(10-9-16(19)20-5-2)13(3)11-14-7-6-8-15(17)12-14/h6-8,12-13H,4-5,9-11,17H2,1-3H3. The first-order chi connectivity index (χ1) is 9.56. The van der Waals surface area contributed by atoms with Crippen molar-refractivity contribution in [2.45, 2.75) is 39.7 Å². The summed E-state index contributed by atoms with van der Waals surface area (Å²) in [6.45, 7) is 8.22. The van der Waals surface area contributed by atoms with E-state index in [2.05, 4.69) is 24.8 Å². The van der Waals surface area contributed by atoms with E-state index in [9.17, 15) is 4.79 Å². The van der Waals surface area contributed by atoms with Crippen molar-refractivity contribution in [1.82, 2.24) is 4.90 Å². The van der Waals surface area contributed by atoms with Crippen LogP contribution in [0.1, 0.15) is 32.8 Å². The Balaban J connectivity index is 2.50. The summed E-state index contributed by atoms with van der Waals surface area (Å²) in [5.41, 5.74) is 7.82. The summed E-state index contributed by atoms with van der Waals surface area (Å²) in [4.78, 5) is 13.7. The Bertz CT molecular complexity index is 421. The Morgan fingerprint density at radius 3 is 2.75 bits per heavy atom. The molecule has 4 nitrogen and oxygen atoms in total. The number of hydrogen-bond donors (Lipinski definition) is 1. The highest BCUT2D eigenvalue weighted by Crippen LogP contribution is 2.12. The van der Waals surface area contributed by atoms with Crippen LogP contribution in [0.2, 0.25) is 0 Å². The lowest BCUT2D eigenvalue weighted by atomic mass is 10.1. The van der Waals surface area contributed by atoms with Crippen LogP contribution in [0.3, 0.4) is 0 Å². The third-order valence-electron chi connectivity index (χ3n) is 3.42. The molecule has 0 bridgehead atoms. The molecule has 0 fully saturated rings. The molecule has 0 saturated heterocycles. The zero-order valence-corrected chi connectivity index (χ0v) is 12.8. The molecule has 0 amide bonds. The molecule has 20 heavy (non-hydrogen) atoms. The molecule has 0 spiro atoms. The van der Waals surface area contributed by atoms with Crippen molar-refractivity contribution in [3.05, 3.63) is 29.8 Å². The lowest BCUT2D eigenvalue weighted by molar-refractivity contribution is -0.143. The number of carbonyl (C=O) groups excluding carboxylic acids is 1.